The molecule has 1 saturated carbocycles. The summed E-state index contributed by atoms with van der Waals surface area (Å²) in [5, 5.41) is 3.45. The van der Waals surface area contributed by atoms with Crippen LogP contribution in [0.1, 0.15) is 46.0 Å². The lowest BCUT2D eigenvalue weighted by molar-refractivity contribution is 0.0655. The van der Waals surface area contributed by atoms with E-state index in [4.69, 9.17) is 4.74 Å². The molecule has 1 N–H and O–H groups in total. The van der Waals surface area contributed by atoms with Gasteiger partial charge in [0.1, 0.15) is 0 Å². The molecule has 0 aromatic heterocycles. The monoisotopic (exact) mass is 199 g/mol. The lowest BCUT2D eigenvalue weighted by Crippen LogP contribution is -2.45. The van der Waals surface area contributed by atoms with Crippen LogP contribution in [0.2, 0.25) is 0 Å². The Hall–Kier alpha value is -0.0800. The lowest BCUT2D eigenvalue weighted by atomic mass is 9.76. The van der Waals surface area contributed by atoms with Crippen LogP contribution in [-0.2, 0) is 4.74 Å². The van der Waals surface area contributed by atoms with Gasteiger partial charge >= 0.3 is 0 Å². The Balaban J connectivity index is 2.54. The SMILES string of the molecule is CCOCC(NC)C1(CC)CCCC1. The Morgan fingerprint density at radius 2 is 1.93 bits per heavy atom. The van der Waals surface area contributed by atoms with Crippen LogP contribution in [0.25, 0.3) is 0 Å². The minimum atomic E-state index is 0.518. The van der Waals surface area contributed by atoms with Gasteiger partial charge in [-0.15, -0.1) is 0 Å². The number of rotatable bonds is 6. The summed E-state index contributed by atoms with van der Waals surface area (Å²) in [6.07, 6.45) is 6.84. The molecule has 2 heteroatoms. The van der Waals surface area contributed by atoms with Crippen molar-refractivity contribution in [2.45, 2.75) is 52.0 Å². The van der Waals surface area contributed by atoms with E-state index in [1.165, 1.54) is 32.1 Å². The van der Waals surface area contributed by atoms with Gasteiger partial charge in [0.25, 0.3) is 0 Å². The Labute approximate surface area is 88.4 Å². The molecule has 1 rings (SSSR count). The fraction of sp³-hybridized carbons (Fsp3) is 1.00. The summed E-state index contributed by atoms with van der Waals surface area (Å²) < 4.78 is 5.56. The second-order valence-electron chi connectivity index (χ2n) is 4.42. The maximum absolute atomic E-state index is 5.56. The van der Waals surface area contributed by atoms with Gasteiger partial charge in [0.15, 0.2) is 0 Å². The first kappa shape index (κ1) is 12.0. The van der Waals surface area contributed by atoms with E-state index in [2.05, 4.69) is 26.2 Å². The number of hydrogen-bond donors (Lipinski definition) is 1. The van der Waals surface area contributed by atoms with Crippen molar-refractivity contribution >= 4 is 0 Å². The minimum absolute atomic E-state index is 0.518. The molecule has 0 aromatic carbocycles. The Bertz CT molecular complexity index is 152. The highest BCUT2D eigenvalue weighted by Crippen LogP contribution is 2.43. The van der Waals surface area contributed by atoms with E-state index in [1.54, 1.807) is 0 Å². The van der Waals surface area contributed by atoms with Gasteiger partial charge in [-0.3, -0.25) is 0 Å². The Kier molecular flexibility index (Phi) is 4.90. The van der Waals surface area contributed by atoms with E-state index in [9.17, 15) is 0 Å². The average Bonchev–Trinajstić information content (AvgIpc) is 2.69. The van der Waals surface area contributed by atoms with Crippen LogP contribution >= 0.6 is 0 Å². The van der Waals surface area contributed by atoms with Crippen LogP contribution in [-0.4, -0.2) is 26.3 Å². The molecule has 1 aliphatic rings. The van der Waals surface area contributed by atoms with Crippen molar-refractivity contribution in [3.8, 4) is 0 Å². The molecule has 14 heavy (non-hydrogen) atoms. The predicted octanol–water partition coefficient (Wildman–Crippen LogP) is 2.58. The summed E-state index contributed by atoms with van der Waals surface area (Å²) in [7, 11) is 2.07. The van der Waals surface area contributed by atoms with E-state index in [1.807, 2.05) is 0 Å². The van der Waals surface area contributed by atoms with Crippen molar-refractivity contribution in [1.29, 1.82) is 0 Å². The molecule has 1 unspecified atom stereocenters. The molecule has 0 aromatic rings. The summed E-state index contributed by atoms with van der Waals surface area (Å²) >= 11 is 0. The average molecular weight is 199 g/mol. The van der Waals surface area contributed by atoms with E-state index in [-0.39, 0.29) is 0 Å². The van der Waals surface area contributed by atoms with E-state index >= 15 is 0 Å². The zero-order valence-electron chi connectivity index (χ0n) is 9.94. The third-order valence-corrected chi connectivity index (χ3v) is 3.88. The molecular formula is C12H25NO. The van der Waals surface area contributed by atoms with Gasteiger partial charge in [-0.05, 0) is 38.6 Å². The molecule has 1 aliphatic carbocycles. The van der Waals surface area contributed by atoms with Crippen LogP contribution in [0.15, 0.2) is 0 Å². The fourth-order valence-corrected chi connectivity index (χ4v) is 2.83. The molecule has 0 bridgehead atoms. The number of ether oxygens (including phenoxy) is 1. The maximum Gasteiger partial charge on any atom is 0.0624 e. The molecule has 1 atom stereocenters. The molecule has 0 saturated heterocycles. The topological polar surface area (TPSA) is 21.3 Å². The highest BCUT2D eigenvalue weighted by atomic mass is 16.5. The van der Waals surface area contributed by atoms with E-state index < -0.39 is 0 Å². The number of likely N-dealkylation sites (N-methyl/N-ethyl adjacent to an activating group) is 1. The second-order valence-corrected chi connectivity index (χ2v) is 4.42. The van der Waals surface area contributed by atoms with Crippen molar-refractivity contribution in [1.82, 2.24) is 5.32 Å². The van der Waals surface area contributed by atoms with Crippen molar-refractivity contribution in [2.75, 3.05) is 20.3 Å². The van der Waals surface area contributed by atoms with Crippen molar-refractivity contribution in [2.24, 2.45) is 5.41 Å². The van der Waals surface area contributed by atoms with Gasteiger partial charge in [0.2, 0.25) is 0 Å². The highest BCUT2D eigenvalue weighted by Gasteiger charge is 2.38. The quantitative estimate of drug-likeness (QED) is 0.710. The number of nitrogens with one attached hydrogen (secondary N) is 1. The molecule has 0 amide bonds. The second kappa shape index (κ2) is 5.72. The summed E-state index contributed by atoms with van der Waals surface area (Å²) in [6, 6.07) is 0.551. The standard InChI is InChI=1S/C12H25NO/c1-4-12(8-6-7-9-12)11(13-3)10-14-5-2/h11,13H,4-10H2,1-3H3. The summed E-state index contributed by atoms with van der Waals surface area (Å²) in [4.78, 5) is 0. The minimum Gasteiger partial charge on any atom is -0.380 e. The summed E-state index contributed by atoms with van der Waals surface area (Å²) in [6.45, 7) is 6.10. The molecule has 0 heterocycles. The van der Waals surface area contributed by atoms with Crippen LogP contribution < -0.4 is 5.32 Å². The van der Waals surface area contributed by atoms with Gasteiger partial charge in [-0.1, -0.05) is 19.8 Å². The first-order valence-corrected chi connectivity index (χ1v) is 6.04. The van der Waals surface area contributed by atoms with Crippen LogP contribution in [0.3, 0.4) is 0 Å². The van der Waals surface area contributed by atoms with Gasteiger partial charge in [0.05, 0.1) is 6.61 Å². The summed E-state index contributed by atoms with van der Waals surface area (Å²) in [5.74, 6) is 0. The van der Waals surface area contributed by atoms with Crippen LogP contribution in [0.4, 0.5) is 0 Å². The van der Waals surface area contributed by atoms with Crippen LogP contribution in [0.5, 0.6) is 0 Å². The van der Waals surface area contributed by atoms with Gasteiger partial charge < -0.3 is 10.1 Å². The fourth-order valence-electron chi connectivity index (χ4n) is 2.83. The molecule has 0 spiro atoms. The largest absolute Gasteiger partial charge is 0.380 e. The molecule has 0 radical (unpaired) electrons. The molecule has 1 fully saturated rings. The smallest absolute Gasteiger partial charge is 0.0624 e. The van der Waals surface area contributed by atoms with Gasteiger partial charge in [-0.2, -0.15) is 0 Å². The molecule has 84 valence electrons. The maximum atomic E-state index is 5.56. The molecular weight excluding hydrogens is 174 g/mol. The van der Waals surface area contributed by atoms with Crippen molar-refractivity contribution in [3.63, 3.8) is 0 Å². The van der Waals surface area contributed by atoms with E-state index in [0.717, 1.165) is 13.2 Å². The Morgan fingerprint density at radius 3 is 2.36 bits per heavy atom. The van der Waals surface area contributed by atoms with Crippen LogP contribution in [0, 0.1) is 5.41 Å². The first-order chi connectivity index (χ1) is 6.79. The zero-order chi connectivity index (χ0) is 10.4. The van der Waals surface area contributed by atoms with Crippen molar-refractivity contribution < 1.29 is 4.74 Å². The highest BCUT2D eigenvalue weighted by molar-refractivity contribution is 4.93. The third kappa shape index (κ3) is 2.48. The zero-order valence-corrected chi connectivity index (χ0v) is 9.94. The van der Waals surface area contributed by atoms with E-state index in [0.29, 0.717) is 11.5 Å². The Morgan fingerprint density at radius 1 is 1.29 bits per heavy atom. The number of hydrogen-bond acceptors (Lipinski definition) is 2. The third-order valence-electron chi connectivity index (χ3n) is 3.88. The van der Waals surface area contributed by atoms with Gasteiger partial charge in [-0.25, -0.2) is 0 Å². The first-order valence-electron chi connectivity index (χ1n) is 6.04. The van der Waals surface area contributed by atoms with Crippen molar-refractivity contribution in [3.05, 3.63) is 0 Å². The predicted molar refractivity (Wildman–Crippen MR) is 60.5 cm³/mol. The van der Waals surface area contributed by atoms with Gasteiger partial charge in [0, 0.05) is 12.6 Å². The normalized spacial score (nSPS) is 22.5. The lowest BCUT2D eigenvalue weighted by Gasteiger charge is -2.36. The molecule has 0 aliphatic heterocycles. The summed E-state index contributed by atoms with van der Waals surface area (Å²) in [5.41, 5.74) is 0.518. The molecule has 2 nitrogen and oxygen atoms in total.